The smallest absolute Gasteiger partial charge is 0.317 e. The van der Waals surface area contributed by atoms with Gasteiger partial charge >= 0.3 is 6.18 Å². The normalized spacial score (nSPS) is 20.6. The monoisotopic (exact) mass is 329 g/mol. The van der Waals surface area contributed by atoms with Gasteiger partial charge in [-0.05, 0) is 39.4 Å². The molecule has 0 bridgehead atoms. The van der Waals surface area contributed by atoms with Crippen molar-refractivity contribution in [2.75, 3.05) is 20.1 Å². The molecule has 1 aromatic rings. The molecule has 0 spiro atoms. The lowest BCUT2D eigenvalue weighted by molar-refractivity contribution is -0.134. The first kappa shape index (κ1) is 17.7. The van der Waals surface area contributed by atoms with Crippen LogP contribution in [0.4, 0.5) is 13.2 Å². The van der Waals surface area contributed by atoms with Crippen molar-refractivity contribution >= 4 is 23.7 Å². The Bertz CT molecular complexity index is 403. The van der Waals surface area contributed by atoms with Crippen molar-refractivity contribution < 1.29 is 13.2 Å². The predicted octanol–water partition coefficient (Wildman–Crippen LogP) is 3.16. The Hall–Kier alpha value is -0.370. The molecule has 2 heterocycles. The second-order valence-electron chi connectivity index (χ2n) is 4.87. The number of alkyl halides is 3. The largest absolute Gasteiger partial charge is 0.427 e. The fraction of sp³-hybridized carbons (Fsp3) is 0.750. The van der Waals surface area contributed by atoms with E-state index in [1.165, 1.54) is 0 Å². The van der Waals surface area contributed by atoms with Crippen molar-refractivity contribution in [2.45, 2.75) is 38.0 Å². The molecule has 0 aromatic carbocycles. The highest BCUT2D eigenvalue weighted by atomic mass is 35.5. The highest BCUT2D eigenvalue weighted by Crippen LogP contribution is 2.33. The molecule has 0 radical (unpaired) electrons. The maximum atomic E-state index is 12.5. The summed E-state index contributed by atoms with van der Waals surface area (Å²) < 4.78 is 37.5. The third-order valence-corrected chi connectivity index (χ3v) is 4.41. The first-order valence-electron chi connectivity index (χ1n) is 6.39. The molecule has 1 aliphatic heterocycles. The predicted molar refractivity (Wildman–Crippen MR) is 76.3 cm³/mol. The summed E-state index contributed by atoms with van der Waals surface area (Å²) in [7, 11) is 1.96. The van der Waals surface area contributed by atoms with Gasteiger partial charge in [0.15, 0.2) is 0 Å². The van der Waals surface area contributed by atoms with Crippen molar-refractivity contribution in [3.63, 3.8) is 0 Å². The zero-order valence-electron chi connectivity index (χ0n) is 11.2. The number of halogens is 4. The van der Waals surface area contributed by atoms with Crippen molar-refractivity contribution in [3.8, 4) is 0 Å². The molecule has 2 rings (SSSR count). The van der Waals surface area contributed by atoms with Crippen LogP contribution < -0.4 is 5.32 Å². The summed E-state index contributed by atoms with van der Waals surface area (Å²) in [5.74, 6) is 0. The topological polar surface area (TPSA) is 28.2 Å². The van der Waals surface area contributed by atoms with Gasteiger partial charge in [0.05, 0.1) is 12.7 Å². The van der Waals surface area contributed by atoms with Crippen LogP contribution in [0.2, 0.25) is 0 Å². The Morgan fingerprint density at radius 2 is 2.15 bits per heavy atom. The fourth-order valence-corrected chi connectivity index (χ4v) is 3.15. The van der Waals surface area contributed by atoms with Crippen molar-refractivity contribution in [1.82, 2.24) is 15.2 Å². The quantitative estimate of drug-likeness (QED) is 0.923. The van der Waals surface area contributed by atoms with Gasteiger partial charge < -0.3 is 5.32 Å². The van der Waals surface area contributed by atoms with Crippen LogP contribution >= 0.6 is 23.7 Å². The highest BCUT2D eigenvalue weighted by Gasteiger charge is 2.33. The summed E-state index contributed by atoms with van der Waals surface area (Å²) >= 11 is 0.744. The molecule has 1 unspecified atom stereocenters. The third kappa shape index (κ3) is 4.87. The average Bonchev–Trinajstić information content (AvgIpc) is 2.63. The zero-order valence-corrected chi connectivity index (χ0v) is 12.9. The van der Waals surface area contributed by atoms with Gasteiger partial charge in [0.1, 0.15) is 9.88 Å². The van der Waals surface area contributed by atoms with E-state index >= 15 is 0 Å². The second-order valence-corrected chi connectivity index (χ2v) is 5.98. The molecule has 116 valence electrons. The van der Waals surface area contributed by atoms with Crippen LogP contribution in [0.15, 0.2) is 6.20 Å². The standard InChI is InChI=1S/C12H18F3N3S.ClH/c1-18(9-3-2-5-16-6-4-9)8-11-17-7-10(19-11)12(13,14)15;/h7,9,16H,2-6,8H2,1H3;1H. The molecule has 1 N–H and O–H groups in total. The summed E-state index contributed by atoms with van der Waals surface area (Å²) in [6, 6.07) is 0.424. The Kier molecular flexibility index (Phi) is 6.71. The molecule has 3 nitrogen and oxygen atoms in total. The minimum absolute atomic E-state index is 0. The molecule has 0 aliphatic carbocycles. The summed E-state index contributed by atoms with van der Waals surface area (Å²) in [6.07, 6.45) is -0.112. The van der Waals surface area contributed by atoms with Crippen LogP contribution in [-0.2, 0) is 12.7 Å². The van der Waals surface area contributed by atoms with Gasteiger partial charge in [0.2, 0.25) is 0 Å². The van der Waals surface area contributed by atoms with Gasteiger partial charge in [0.25, 0.3) is 0 Å². The van der Waals surface area contributed by atoms with E-state index in [4.69, 9.17) is 0 Å². The van der Waals surface area contributed by atoms with Crippen LogP contribution in [0.1, 0.15) is 29.1 Å². The van der Waals surface area contributed by atoms with Crippen molar-refractivity contribution in [1.29, 1.82) is 0 Å². The summed E-state index contributed by atoms with van der Waals surface area (Å²) in [6.45, 7) is 2.49. The number of nitrogens with one attached hydrogen (secondary N) is 1. The molecule has 1 aromatic heterocycles. The molecule has 1 fully saturated rings. The van der Waals surface area contributed by atoms with E-state index in [0.717, 1.165) is 49.9 Å². The number of hydrogen-bond donors (Lipinski definition) is 1. The molecule has 1 atom stereocenters. The lowest BCUT2D eigenvalue weighted by Crippen LogP contribution is -2.31. The number of thiazole rings is 1. The number of aromatic nitrogens is 1. The molecular weight excluding hydrogens is 311 g/mol. The zero-order chi connectivity index (χ0) is 13.9. The summed E-state index contributed by atoms with van der Waals surface area (Å²) in [5.41, 5.74) is 0. The van der Waals surface area contributed by atoms with Crippen molar-refractivity contribution in [2.24, 2.45) is 0 Å². The molecule has 20 heavy (non-hydrogen) atoms. The van der Waals surface area contributed by atoms with E-state index in [1.807, 2.05) is 7.05 Å². The van der Waals surface area contributed by atoms with Gasteiger partial charge in [-0.25, -0.2) is 4.98 Å². The van der Waals surface area contributed by atoms with E-state index in [2.05, 4.69) is 15.2 Å². The Balaban J connectivity index is 0.00000200. The average molecular weight is 330 g/mol. The number of hydrogen-bond acceptors (Lipinski definition) is 4. The van der Waals surface area contributed by atoms with Gasteiger partial charge in [-0.2, -0.15) is 13.2 Å². The van der Waals surface area contributed by atoms with E-state index in [-0.39, 0.29) is 12.4 Å². The van der Waals surface area contributed by atoms with Crippen molar-refractivity contribution in [3.05, 3.63) is 16.1 Å². The van der Waals surface area contributed by atoms with Crippen LogP contribution in [0.3, 0.4) is 0 Å². The maximum Gasteiger partial charge on any atom is 0.427 e. The molecule has 0 saturated carbocycles. The second kappa shape index (κ2) is 7.59. The molecule has 0 amide bonds. The van der Waals surface area contributed by atoms with Gasteiger partial charge in [-0.3, -0.25) is 4.90 Å². The van der Waals surface area contributed by atoms with Crippen LogP contribution in [0.5, 0.6) is 0 Å². The minimum Gasteiger partial charge on any atom is -0.317 e. The summed E-state index contributed by atoms with van der Waals surface area (Å²) in [5, 5.41) is 3.87. The molecule has 1 saturated heterocycles. The minimum atomic E-state index is -4.28. The van der Waals surface area contributed by atoms with Crippen LogP contribution in [0, 0.1) is 0 Å². The lowest BCUT2D eigenvalue weighted by Gasteiger charge is -2.25. The summed E-state index contributed by atoms with van der Waals surface area (Å²) in [4.78, 5) is 5.39. The molecule has 8 heteroatoms. The maximum absolute atomic E-state index is 12.5. The van der Waals surface area contributed by atoms with Crippen LogP contribution in [0.25, 0.3) is 0 Å². The first-order valence-corrected chi connectivity index (χ1v) is 7.21. The lowest BCUT2D eigenvalue weighted by atomic mass is 10.1. The van der Waals surface area contributed by atoms with E-state index < -0.39 is 11.1 Å². The van der Waals surface area contributed by atoms with E-state index in [9.17, 15) is 13.2 Å². The fourth-order valence-electron chi connectivity index (χ4n) is 2.30. The Morgan fingerprint density at radius 1 is 1.40 bits per heavy atom. The Labute approximate surface area is 127 Å². The van der Waals surface area contributed by atoms with E-state index in [0.29, 0.717) is 17.6 Å². The first-order chi connectivity index (χ1) is 8.97. The van der Waals surface area contributed by atoms with Gasteiger partial charge in [0, 0.05) is 6.04 Å². The Morgan fingerprint density at radius 3 is 2.80 bits per heavy atom. The number of nitrogens with zero attached hydrogens (tertiary/aromatic N) is 2. The van der Waals surface area contributed by atoms with Gasteiger partial charge in [-0.1, -0.05) is 0 Å². The van der Waals surface area contributed by atoms with E-state index in [1.54, 1.807) is 0 Å². The third-order valence-electron chi connectivity index (χ3n) is 3.39. The van der Waals surface area contributed by atoms with Gasteiger partial charge in [-0.15, -0.1) is 23.7 Å². The highest BCUT2D eigenvalue weighted by molar-refractivity contribution is 7.11. The molecular formula is C12H19ClF3N3S. The SMILES string of the molecule is CN(Cc1ncc(C(F)(F)F)s1)C1CCCNCC1.Cl. The molecule has 1 aliphatic rings. The van der Waals surface area contributed by atoms with Crippen LogP contribution in [-0.4, -0.2) is 36.1 Å². The number of rotatable bonds is 3.